The number of hydrogen-bond donors (Lipinski definition) is 1. The molecule has 0 radical (unpaired) electrons. The molecule has 31 heavy (non-hydrogen) atoms. The largest absolute Gasteiger partial charge is 0.381 e. The van der Waals surface area contributed by atoms with E-state index in [1.807, 2.05) is 0 Å². The van der Waals surface area contributed by atoms with Gasteiger partial charge in [-0.05, 0) is 56.2 Å². The first-order valence-electron chi connectivity index (χ1n) is 11.0. The standard InChI is InChI=1S/C25H31NO4S/c1-18-13-19(2)15-22(14-18)21-5-3-20(4-6-21)16-25(8-10-30-11-9-25)24(27)26-23-7-12-31(28,29)17-23/h3-6,13-15,23H,7-12,16-17H2,1-2H3,(H,26,27). The maximum atomic E-state index is 13.3. The molecule has 0 bridgehead atoms. The topological polar surface area (TPSA) is 72.5 Å². The number of carbonyl (C=O) groups is 1. The number of sulfone groups is 1. The molecule has 1 amide bonds. The smallest absolute Gasteiger partial charge is 0.226 e. The van der Waals surface area contributed by atoms with Gasteiger partial charge in [-0.25, -0.2) is 8.42 Å². The summed E-state index contributed by atoms with van der Waals surface area (Å²) in [6, 6.07) is 14.7. The van der Waals surface area contributed by atoms with Crippen molar-refractivity contribution in [3.8, 4) is 11.1 Å². The summed E-state index contributed by atoms with van der Waals surface area (Å²) in [5.41, 5.74) is 5.41. The highest BCUT2D eigenvalue weighted by molar-refractivity contribution is 7.91. The molecule has 1 N–H and O–H groups in total. The van der Waals surface area contributed by atoms with E-state index in [0.717, 1.165) is 11.1 Å². The minimum Gasteiger partial charge on any atom is -0.381 e. The molecular weight excluding hydrogens is 410 g/mol. The van der Waals surface area contributed by atoms with Gasteiger partial charge in [0.05, 0.1) is 16.9 Å². The SMILES string of the molecule is Cc1cc(C)cc(-c2ccc(CC3(C(=O)NC4CCS(=O)(=O)C4)CCOCC3)cc2)c1. The van der Waals surface area contributed by atoms with Gasteiger partial charge in [0.25, 0.3) is 0 Å². The van der Waals surface area contributed by atoms with Crippen LogP contribution in [0.4, 0.5) is 0 Å². The molecule has 2 heterocycles. The van der Waals surface area contributed by atoms with Crippen molar-refractivity contribution in [2.75, 3.05) is 24.7 Å². The molecule has 0 saturated carbocycles. The molecule has 0 spiro atoms. The molecule has 2 fully saturated rings. The van der Waals surface area contributed by atoms with Crippen LogP contribution in [-0.4, -0.2) is 45.1 Å². The first-order valence-corrected chi connectivity index (χ1v) is 12.8. The number of aryl methyl sites for hydroxylation is 2. The average molecular weight is 442 g/mol. The molecule has 0 aliphatic carbocycles. The molecule has 2 aromatic rings. The lowest BCUT2D eigenvalue weighted by Crippen LogP contribution is -2.49. The second-order valence-corrected chi connectivity index (χ2v) is 11.4. The summed E-state index contributed by atoms with van der Waals surface area (Å²) < 4.78 is 29.1. The monoisotopic (exact) mass is 441 g/mol. The highest BCUT2D eigenvalue weighted by Crippen LogP contribution is 2.36. The van der Waals surface area contributed by atoms with Gasteiger partial charge in [0, 0.05) is 19.3 Å². The molecule has 5 nitrogen and oxygen atoms in total. The van der Waals surface area contributed by atoms with Crippen LogP contribution < -0.4 is 5.32 Å². The van der Waals surface area contributed by atoms with Crippen LogP contribution in [0.25, 0.3) is 11.1 Å². The lowest BCUT2D eigenvalue weighted by atomic mass is 9.74. The van der Waals surface area contributed by atoms with Crippen molar-refractivity contribution >= 4 is 15.7 Å². The Kier molecular flexibility index (Phi) is 6.22. The quantitative estimate of drug-likeness (QED) is 0.769. The van der Waals surface area contributed by atoms with E-state index >= 15 is 0 Å². The predicted octanol–water partition coefficient (Wildman–Crippen LogP) is 3.61. The fourth-order valence-corrected chi connectivity index (χ4v) is 6.51. The van der Waals surface area contributed by atoms with Gasteiger partial charge in [-0.3, -0.25) is 4.79 Å². The lowest BCUT2D eigenvalue weighted by Gasteiger charge is -2.36. The van der Waals surface area contributed by atoms with Crippen LogP contribution in [0.3, 0.4) is 0 Å². The van der Waals surface area contributed by atoms with Gasteiger partial charge in [-0.2, -0.15) is 0 Å². The fraction of sp³-hybridized carbons (Fsp3) is 0.480. The second-order valence-electron chi connectivity index (χ2n) is 9.22. The van der Waals surface area contributed by atoms with Crippen molar-refractivity contribution in [3.05, 3.63) is 59.2 Å². The predicted molar refractivity (Wildman–Crippen MR) is 123 cm³/mol. The van der Waals surface area contributed by atoms with Gasteiger partial charge in [-0.15, -0.1) is 0 Å². The van der Waals surface area contributed by atoms with E-state index in [1.165, 1.54) is 16.7 Å². The van der Waals surface area contributed by atoms with E-state index in [1.54, 1.807) is 0 Å². The maximum Gasteiger partial charge on any atom is 0.226 e. The Labute approximate surface area is 185 Å². The molecule has 4 rings (SSSR count). The Morgan fingerprint density at radius 3 is 2.26 bits per heavy atom. The summed E-state index contributed by atoms with van der Waals surface area (Å²) in [6.45, 7) is 5.32. The van der Waals surface area contributed by atoms with Crippen molar-refractivity contribution < 1.29 is 17.9 Å². The maximum absolute atomic E-state index is 13.3. The Bertz CT molecular complexity index is 1030. The summed E-state index contributed by atoms with van der Waals surface area (Å²) in [6.07, 6.45) is 2.44. The van der Waals surface area contributed by atoms with Gasteiger partial charge in [0.15, 0.2) is 9.84 Å². The van der Waals surface area contributed by atoms with Crippen molar-refractivity contribution in [1.29, 1.82) is 0 Å². The number of hydrogen-bond acceptors (Lipinski definition) is 4. The van der Waals surface area contributed by atoms with Crippen LogP contribution in [0.15, 0.2) is 42.5 Å². The normalized spacial score (nSPS) is 22.2. The molecule has 6 heteroatoms. The average Bonchev–Trinajstić information content (AvgIpc) is 3.06. The van der Waals surface area contributed by atoms with E-state index in [9.17, 15) is 13.2 Å². The summed E-state index contributed by atoms with van der Waals surface area (Å²) in [4.78, 5) is 13.3. The Morgan fingerprint density at radius 1 is 1.03 bits per heavy atom. The molecule has 2 saturated heterocycles. The van der Waals surface area contributed by atoms with Crippen LogP contribution >= 0.6 is 0 Å². The molecule has 2 aromatic carbocycles. The van der Waals surface area contributed by atoms with E-state index < -0.39 is 15.3 Å². The molecule has 166 valence electrons. The first kappa shape index (κ1) is 22.0. The van der Waals surface area contributed by atoms with Gasteiger partial charge in [0.1, 0.15) is 0 Å². The minimum atomic E-state index is -3.03. The molecular formula is C25H31NO4S. The number of ether oxygens (including phenoxy) is 1. The second kappa shape index (κ2) is 8.75. The summed E-state index contributed by atoms with van der Waals surface area (Å²) in [5, 5.41) is 3.04. The number of rotatable bonds is 5. The summed E-state index contributed by atoms with van der Waals surface area (Å²) >= 11 is 0. The van der Waals surface area contributed by atoms with E-state index in [-0.39, 0.29) is 23.5 Å². The third-order valence-corrected chi connectivity index (χ3v) is 8.32. The van der Waals surface area contributed by atoms with Crippen LogP contribution in [-0.2, 0) is 25.8 Å². The Morgan fingerprint density at radius 2 is 1.68 bits per heavy atom. The summed E-state index contributed by atoms with van der Waals surface area (Å²) in [7, 11) is -3.03. The Hall–Kier alpha value is -2.18. The molecule has 0 aromatic heterocycles. The zero-order chi connectivity index (χ0) is 22.1. The molecule has 1 unspecified atom stereocenters. The highest BCUT2D eigenvalue weighted by Gasteiger charge is 2.42. The lowest BCUT2D eigenvalue weighted by molar-refractivity contribution is -0.137. The first-order chi connectivity index (χ1) is 14.7. The molecule has 2 aliphatic rings. The minimum absolute atomic E-state index is 0.0312. The fourth-order valence-electron chi connectivity index (χ4n) is 4.84. The van der Waals surface area contributed by atoms with Crippen molar-refractivity contribution in [2.45, 2.75) is 45.6 Å². The van der Waals surface area contributed by atoms with Gasteiger partial charge >= 0.3 is 0 Å². The zero-order valence-corrected chi connectivity index (χ0v) is 19.1. The van der Waals surface area contributed by atoms with E-state index in [4.69, 9.17) is 4.74 Å². The molecule has 1 atom stereocenters. The van der Waals surface area contributed by atoms with Gasteiger partial charge in [0.2, 0.25) is 5.91 Å². The Balaban J connectivity index is 1.51. The van der Waals surface area contributed by atoms with Crippen molar-refractivity contribution in [1.82, 2.24) is 5.32 Å². The number of amides is 1. The number of nitrogens with one attached hydrogen (secondary N) is 1. The zero-order valence-electron chi connectivity index (χ0n) is 18.3. The highest BCUT2D eigenvalue weighted by atomic mass is 32.2. The number of carbonyl (C=O) groups excluding carboxylic acids is 1. The molecule has 2 aliphatic heterocycles. The van der Waals surface area contributed by atoms with Crippen LogP contribution in [0.2, 0.25) is 0 Å². The van der Waals surface area contributed by atoms with Crippen LogP contribution in [0.1, 0.15) is 36.0 Å². The van der Waals surface area contributed by atoms with Gasteiger partial charge < -0.3 is 10.1 Å². The third kappa shape index (κ3) is 5.18. The number of benzene rings is 2. The summed E-state index contributed by atoms with van der Waals surface area (Å²) in [5.74, 6) is 0.181. The van der Waals surface area contributed by atoms with E-state index in [0.29, 0.717) is 38.9 Å². The van der Waals surface area contributed by atoms with E-state index in [2.05, 4.69) is 61.6 Å². The van der Waals surface area contributed by atoms with Crippen LogP contribution in [0, 0.1) is 19.3 Å². The van der Waals surface area contributed by atoms with Crippen molar-refractivity contribution in [2.24, 2.45) is 5.41 Å². The van der Waals surface area contributed by atoms with Gasteiger partial charge in [-0.1, -0.05) is 53.6 Å². The van der Waals surface area contributed by atoms with Crippen molar-refractivity contribution in [3.63, 3.8) is 0 Å². The third-order valence-electron chi connectivity index (χ3n) is 6.55. The van der Waals surface area contributed by atoms with Crippen LogP contribution in [0.5, 0.6) is 0 Å².